The molecule has 5 heteroatoms. The fraction of sp³-hybridized carbons (Fsp3) is 0.0312. The molecular formula is C32H23FN4. The summed E-state index contributed by atoms with van der Waals surface area (Å²) in [7, 11) is 0. The van der Waals surface area contributed by atoms with Crippen molar-refractivity contribution < 1.29 is 4.39 Å². The second-order valence-electron chi connectivity index (χ2n) is 8.78. The molecule has 0 aliphatic carbocycles. The Kier molecular flexibility index (Phi) is 5.87. The van der Waals surface area contributed by atoms with Crippen molar-refractivity contribution in [2.45, 2.75) is 5.54 Å². The number of nitrogens with zero attached hydrogens (tertiary/aromatic N) is 4. The summed E-state index contributed by atoms with van der Waals surface area (Å²) in [6.07, 6.45) is 0. The first-order chi connectivity index (χ1) is 18.3. The lowest BCUT2D eigenvalue weighted by Crippen LogP contribution is -2.39. The highest BCUT2D eigenvalue weighted by Gasteiger charge is 2.42. The summed E-state index contributed by atoms with van der Waals surface area (Å²) in [6.45, 7) is 0. The van der Waals surface area contributed by atoms with Crippen LogP contribution in [-0.2, 0) is 5.54 Å². The quantitative estimate of drug-likeness (QED) is 0.240. The zero-order valence-electron chi connectivity index (χ0n) is 19.9. The summed E-state index contributed by atoms with van der Waals surface area (Å²) in [6, 6.07) is 45.2. The molecule has 1 aromatic heterocycles. The highest BCUT2D eigenvalue weighted by molar-refractivity contribution is 5.81. The van der Waals surface area contributed by atoms with Gasteiger partial charge in [-0.2, -0.15) is 0 Å². The molecule has 6 rings (SSSR count). The topological polar surface area (TPSA) is 43.6 Å². The Hall–Kier alpha value is -4.90. The third-order valence-electron chi connectivity index (χ3n) is 6.67. The standard InChI is InChI=1S/C32H23FN4/c33-28-20-12-13-24(23-28)29-21-10-11-22-30(29)31-34-35-36-37(31)32(25-14-4-1-5-15-25,26-16-6-2-7-17-26)27-18-8-3-9-19-27/h1-23H. The summed E-state index contributed by atoms with van der Waals surface area (Å²) < 4.78 is 16.1. The van der Waals surface area contributed by atoms with Crippen molar-refractivity contribution >= 4 is 0 Å². The molecule has 0 saturated carbocycles. The molecule has 0 aliphatic heterocycles. The van der Waals surface area contributed by atoms with Crippen LogP contribution in [-0.4, -0.2) is 20.2 Å². The van der Waals surface area contributed by atoms with Gasteiger partial charge in [0.25, 0.3) is 0 Å². The van der Waals surface area contributed by atoms with E-state index in [1.807, 2.05) is 89.6 Å². The van der Waals surface area contributed by atoms with E-state index in [0.717, 1.165) is 33.4 Å². The van der Waals surface area contributed by atoms with Crippen molar-refractivity contribution in [2.75, 3.05) is 0 Å². The summed E-state index contributed by atoms with van der Waals surface area (Å²) >= 11 is 0. The van der Waals surface area contributed by atoms with Crippen LogP contribution in [0.4, 0.5) is 4.39 Å². The van der Waals surface area contributed by atoms with E-state index >= 15 is 0 Å². The van der Waals surface area contributed by atoms with Gasteiger partial charge < -0.3 is 0 Å². The zero-order chi connectivity index (χ0) is 25.1. The third kappa shape index (κ3) is 3.91. The molecule has 0 radical (unpaired) electrons. The van der Waals surface area contributed by atoms with Crippen LogP contribution < -0.4 is 0 Å². The number of tetrazole rings is 1. The van der Waals surface area contributed by atoms with Crippen LogP contribution in [0.25, 0.3) is 22.5 Å². The predicted octanol–water partition coefficient (Wildman–Crippen LogP) is 6.99. The second kappa shape index (κ2) is 9.63. The average molecular weight is 483 g/mol. The molecule has 0 fully saturated rings. The fourth-order valence-electron chi connectivity index (χ4n) is 5.07. The molecule has 0 N–H and O–H groups in total. The van der Waals surface area contributed by atoms with E-state index in [4.69, 9.17) is 0 Å². The van der Waals surface area contributed by atoms with Gasteiger partial charge in [0, 0.05) is 5.56 Å². The summed E-state index contributed by atoms with van der Waals surface area (Å²) in [5.74, 6) is 0.288. The lowest BCUT2D eigenvalue weighted by molar-refractivity contribution is 0.451. The van der Waals surface area contributed by atoms with Crippen LogP contribution in [0.5, 0.6) is 0 Å². The number of hydrogen-bond donors (Lipinski definition) is 0. The van der Waals surface area contributed by atoms with Crippen molar-refractivity contribution in [2.24, 2.45) is 0 Å². The van der Waals surface area contributed by atoms with Gasteiger partial charge >= 0.3 is 0 Å². The Balaban J connectivity index is 1.70. The highest BCUT2D eigenvalue weighted by atomic mass is 19.1. The summed E-state index contributed by atoms with van der Waals surface area (Å²) in [4.78, 5) is 0. The van der Waals surface area contributed by atoms with Gasteiger partial charge in [0.15, 0.2) is 5.82 Å². The molecule has 6 aromatic rings. The van der Waals surface area contributed by atoms with Gasteiger partial charge in [-0.25, -0.2) is 9.07 Å². The number of halogens is 1. The van der Waals surface area contributed by atoms with Crippen molar-refractivity contribution in [3.63, 3.8) is 0 Å². The molecule has 5 aromatic carbocycles. The van der Waals surface area contributed by atoms with Gasteiger partial charge in [0.05, 0.1) is 0 Å². The fourth-order valence-corrected chi connectivity index (χ4v) is 5.07. The van der Waals surface area contributed by atoms with Gasteiger partial charge in [0.2, 0.25) is 0 Å². The van der Waals surface area contributed by atoms with Crippen LogP contribution in [0.15, 0.2) is 140 Å². The first kappa shape index (κ1) is 22.6. The van der Waals surface area contributed by atoms with Crippen LogP contribution in [0.2, 0.25) is 0 Å². The van der Waals surface area contributed by atoms with E-state index in [9.17, 15) is 4.39 Å². The number of rotatable bonds is 6. The van der Waals surface area contributed by atoms with E-state index in [1.54, 1.807) is 6.07 Å². The Morgan fingerprint density at radius 1 is 0.541 bits per heavy atom. The molecule has 0 saturated heterocycles. The minimum atomic E-state index is -0.863. The minimum absolute atomic E-state index is 0.293. The molecule has 0 spiro atoms. The van der Waals surface area contributed by atoms with Gasteiger partial charge in [-0.1, -0.05) is 127 Å². The molecule has 178 valence electrons. The normalized spacial score (nSPS) is 11.4. The summed E-state index contributed by atoms with van der Waals surface area (Å²) in [5.41, 5.74) is 4.61. The zero-order valence-corrected chi connectivity index (χ0v) is 19.9. The van der Waals surface area contributed by atoms with Crippen LogP contribution in [0, 0.1) is 5.82 Å². The smallest absolute Gasteiger partial charge is 0.184 e. The molecule has 1 heterocycles. The van der Waals surface area contributed by atoms with Crippen molar-refractivity contribution in [1.29, 1.82) is 0 Å². The number of hydrogen-bond acceptors (Lipinski definition) is 3. The van der Waals surface area contributed by atoms with Crippen molar-refractivity contribution in [3.8, 4) is 22.5 Å². The van der Waals surface area contributed by atoms with Crippen LogP contribution in [0.1, 0.15) is 16.7 Å². The Labute approximate surface area is 214 Å². The monoisotopic (exact) mass is 482 g/mol. The molecule has 0 bridgehead atoms. The van der Waals surface area contributed by atoms with Gasteiger partial charge in [-0.15, -0.1) is 5.10 Å². The molecule has 4 nitrogen and oxygen atoms in total. The number of benzene rings is 5. The molecule has 0 amide bonds. The molecule has 0 unspecified atom stereocenters. The third-order valence-corrected chi connectivity index (χ3v) is 6.67. The maximum atomic E-state index is 14.2. The molecule has 0 aliphatic rings. The summed E-state index contributed by atoms with van der Waals surface area (Å²) in [5, 5.41) is 13.4. The second-order valence-corrected chi connectivity index (χ2v) is 8.78. The van der Waals surface area contributed by atoms with Crippen molar-refractivity contribution in [1.82, 2.24) is 20.2 Å². The minimum Gasteiger partial charge on any atom is -0.207 e. The van der Waals surface area contributed by atoms with Crippen LogP contribution >= 0.6 is 0 Å². The van der Waals surface area contributed by atoms with Gasteiger partial charge in [-0.3, -0.25) is 0 Å². The highest BCUT2D eigenvalue weighted by Crippen LogP contribution is 2.43. The Morgan fingerprint density at radius 2 is 1.05 bits per heavy atom. The molecule has 0 atom stereocenters. The Bertz CT molecular complexity index is 1530. The molecular weight excluding hydrogens is 459 g/mol. The predicted molar refractivity (Wildman–Crippen MR) is 143 cm³/mol. The average Bonchev–Trinajstić information content (AvgIpc) is 3.45. The lowest BCUT2D eigenvalue weighted by atomic mass is 9.77. The van der Waals surface area contributed by atoms with E-state index in [0.29, 0.717) is 5.82 Å². The first-order valence-corrected chi connectivity index (χ1v) is 12.1. The SMILES string of the molecule is Fc1cccc(-c2ccccc2-c2nnnn2C(c2ccccc2)(c2ccccc2)c2ccccc2)c1. The first-order valence-electron chi connectivity index (χ1n) is 12.1. The van der Waals surface area contributed by atoms with Crippen molar-refractivity contribution in [3.05, 3.63) is 162 Å². The lowest BCUT2D eigenvalue weighted by Gasteiger charge is -2.36. The largest absolute Gasteiger partial charge is 0.207 e. The van der Waals surface area contributed by atoms with Gasteiger partial charge in [-0.05, 0) is 50.4 Å². The maximum absolute atomic E-state index is 14.2. The van der Waals surface area contributed by atoms with E-state index in [-0.39, 0.29) is 5.82 Å². The Morgan fingerprint density at radius 3 is 1.59 bits per heavy atom. The van der Waals surface area contributed by atoms with E-state index in [1.165, 1.54) is 12.1 Å². The maximum Gasteiger partial charge on any atom is 0.184 e. The number of aromatic nitrogens is 4. The van der Waals surface area contributed by atoms with E-state index in [2.05, 4.69) is 51.9 Å². The molecule has 37 heavy (non-hydrogen) atoms. The van der Waals surface area contributed by atoms with Gasteiger partial charge in [0.1, 0.15) is 11.4 Å². The van der Waals surface area contributed by atoms with Crippen LogP contribution in [0.3, 0.4) is 0 Å². The van der Waals surface area contributed by atoms with E-state index < -0.39 is 5.54 Å².